The average molecular weight is 495 g/mol. The molecule has 36 heavy (non-hydrogen) atoms. The van der Waals surface area contributed by atoms with Crippen molar-refractivity contribution in [1.29, 1.82) is 0 Å². The van der Waals surface area contributed by atoms with Crippen molar-refractivity contribution in [3.8, 4) is 11.5 Å². The van der Waals surface area contributed by atoms with Gasteiger partial charge in [-0.15, -0.1) is 6.58 Å². The zero-order chi connectivity index (χ0) is 26.2. The summed E-state index contributed by atoms with van der Waals surface area (Å²) >= 11 is 0. The second-order valence-corrected chi connectivity index (χ2v) is 7.60. The van der Waals surface area contributed by atoms with Gasteiger partial charge in [-0.25, -0.2) is 9.69 Å². The number of rotatable bonds is 11. The zero-order valence-corrected chi connectivity index (χ0v) is 19.8. The van der Waals surface area contributed by atoms with Crippen LogP contribution < -0.4 is 14.8 Å². The third-order valence-electron chi connectivity index (χ3n) is 5.14. The fourth-order valence-electron chi connectivity index (χ4n) is 3.45. The lowest BCUT2D eigenvalue weighted by Crippen LogP contribution is -2.36. The zero-order valence-electron chi connectivity index (χ0n) is 19.8. The van der Waals surface area contributed by atoms with Gasteiger partial charge in [0.1, 0.15) is 18.8 Å². The molecule has 1 aliphatic heterocycles. The van der Waals surface area contributed by atoms with Crippen molar-refractivity contribution in [2.75, 3.05) is 20.3 Å². The first-order valence-electron chi connectivity index (χ1n) is 11.0. The van der Waals surface area contributed by atoms with E-state index in [1.54, 1.807) is 30.3 Å². The highest BCUT2D eigenvalue weighted by Crippen LogP contribution is 2.35. The molecule has 1 aliphatic rings. The molecule has 1 fully saturated rings. The number of esters is 1. The summed E-state index contributed by atoms with van der Waals surface area (Å²) in [5, 5.41) is 13.3. The van der Waals surface area contributed by atoms with Gasteiger partial charge in [-0.3, -0.25) is 19.7 Å². The molecule has 0 unspecified atom stereocenters. The van der Waals surface area contributed by atoms with Crippen molar-refractivity contribution in [3.05, 3.63) is 81.6 Å². The van der Waals surface area contributed by atoms with Crippen LogP contribution in [0.1, 0.15) is 23.6 Å². The Morgan fingerprint density at radius 2 is 1.92 bits per heavy atom. The van der Waals surface area contributed by atoms with Gasteiger partial charge in [0.25, 0.3) is 11.6 Å². The van der Waals surface area contributed by atoms with Crippen LogP contribution in [0, 0.1) is 10.1 Å². The number of benzene rings is 2. The number of hydrogen-bond donors (Lipinski definition) is 1. The number of nitro groups is 1. The fraction of sp³-hybridized carbons (Fsp3) is 0.240. The van der Waals surface area contributed by atoms with Crippen LogP contribution in [0.2, 0.25) is 0 Å². The summed E-state index contributed by atoms with van der Waals surface area (Å²) in [7, 11) is 1.17. The van der Waals surface area contributed by atoms with Crippen LogP contribution in [0.25, 0.3) is 6.08 Å². The highest BCUT2D eigenvalue weighted by atomic mass is 16.6. The van der Waals surface area contributed by atoms with Crippen molar-refractivity contribution in [2.24, 2.45) is 0 Å². The van der Waals surface area contributed by atoms with Gasteiger partial charge in [-0.05, 0) is 54.8 Å². The molecule has 1 N–H and O–H groups in total. The summed E-state index contributed by atoms with van der Waals surface area (Å²) in [6, 6.07) is 8.73. The summed E-state index contributed by atoms with van der Waals surface area (Å²) in [5.41, 5.74) is 1.98. The first kappa shape index (κ1) is 25.9. The van der Waals surface area contributed by atoms with Gasteiger partial charge in [0, 0.05) is 17.7 Å². The summed E-state index contributed by atoms with van der Waals surface area (Å²) < 4.78 is 16.3. The van der Waals surface area contributed by atoms with E-state index in [2.05, 4.69) is 16.6 Å². The number of imide groups is 1. The number of allylic oxidation sites excluding steroid dienone is 1. The third kappa shape index (κ3) is 6.06. The second kappa shape index (κ2) is 11.6. The number of nitrogens with zero attached hydrogens (tertiary/aromatic N) is 2. The number of methoxy groups -OCH3 is 1. The van der Waals surface area contributed by atoms with Crippen LogP contribution in [0.15, 0.2) is 54.8 Å². The molecule has 0 aliphatic carbocycles. The van der Waals surface area contributed by atoms with Gasteiger partial charge in [0.05, 0.1) is 18.6 Å². The Hall–Kier alpha value is -4.67. The summed E-state index contributed by atoms with van der Waals surface area (Å²) in [5.74, 6) is -0.506. The van der Waals surface area contributed by atoms with Gasteiger partial charge < -0.3 is 19.5 Å². The van der Waals surface area contributed by atoms with E-state index in [-0.39, 0.29) is 18.0 Å². The lowest BCUT2D eigenvalue weighted by atomic mass is 10.0. The third-order valence-corrected chi connectivity index (χ3v) is 5.14. The molecule has 0 atom stereocenters. The Morgan fingerprint density at radius 1 is 1.19 bits per heavy atom. The minimum atomic E-state index is -0.726. The predicted molar refractivity (Wildman–Crippen MR) is 129 cm³/mol. The van der Waals surface area contributed by atoms with Crippen molar-refractivity contribution in [1.82, 2.24) is 10.2 Å². The number of carbonyl (C=O) groups is 3. The molecule has 11 heteroatoms. The summed E-state index contributed by atoms with van der Waals surface area (Å²) in [6.45, 7) is 5.57. The summed E-state index contributed by atoms with van der Waals surface area (Å²) in [6.07, 6.45) is 3.58. The SMILES string of the molecule is C=CCc1cc(/C=C2/NC(=O)N(CC(=O)OC)C2=O)cc(OCC)c1OCc1ccc([N+](=O)[O-])cc1. The van der Waals surface area contributed by atoms with E-state index in [0.29, 0.717) is 35.7 Å². The smallest absolute Gasteiger partial charge is 0.329 e. The molecule has 3 rings (SSSR count). The van der Waals surface area contributed by atoms with Crippen LogP contribution >= 0.6 is 0 Å². The topological polar surface area (TPSA) is 137 Å². The monoisotopic (exact) mass is 495 g/mol. The van der Waals surface area contributed by atoms with Crippen molar-refractivity contribution < 1.29 is 33.5 Å². The normalized spacial score (nSPS) is 13.9. The number of nitro benzene ring substituents is 1. The number of amides is 3. The highest BCUT2D eigenvalue weighted by molar-refractivity contribution is 6.15. The fourth-order valence-corrected chi connectivity index (χ4v) is 3.45. The van der Waals surface area contributed by atoms with Crippen molar-refractivity contribution >= 4 is 29.7 Å². The van der Waals surface area contributed by atoms with E-state index in [1.165, 1.54) is 25.3 Å². The minimum Gasteiger partial charge on any atom is -0.490 e. The Labute approximate surface area is 207 Å². The van der Waals surface area contributed by atoms with E-state index in [4.69, 9.17) is 9.47 Å². The van der Waals surface area contributed by atoms with E-state index in [0.717, 1.165) is 10.5 Å². The van der Waals surface area contributed by atoms with E-state index < -0.39 is 29.4 Å². The molecule has 3 amide bonds. The Balaban J connectivity index is 1.90. The standard InChI is InChI=1S/C25H25N3O8/c1-4-6-18-11-17(12-20-24(30)27(25(31)26-20)14-22(29)34-3)13-21(35-5-2)23(18)36-15-16-7-9-19(10-8-16)28(32)33/h4,7-13H,1,5-6,14-15H2,2-3H3,(H,26,31)/b20-12+. The van der Waals surface area contributed by atoms with E-state index >= 15 is 0 Å². The second-order valence-electron chi connectivity index (χ2n) is 7.60. The van der Waals surface area contributed by atoms with Crippen molar-refractivity contribution in [2.45, 2.75) is 20.0 Å². The van der Waals surface area contributed by atoms with Crippen LogP contribution in [-0.4, -0.2) is 48.0 Å². The number of carbonyl (C=O) groups excluding carboxylic acids is 3. The Kier molecular flexibility index (Phi) is 8.39. The van der Waals surface area contributed by atoms with Crippen molar-refractivity contribution in [3.63, 3.8) is 0 Å². The molecule has 2 aromatic carbocycles. The Bertz CT molecular complexity index is 1220. The quantitative estimate of drug-likeness (QED) is 0.125. The maximum atomic E-state index is 12.6. The van der Waals surface area contributed by atoms with Gasteiger partial charge in [-0.2, -0.15) is 0 Å². The lowest BCUT2D eigenvalue weighted by Gasteiger charge is -2.17. The Morgan fingerprint density at radius 3 is 2.53 bits per heavy atom. The maximum Gasteiger partial charge on any atom is 0.329 e. The van der Waals surface area contributed by atoms with Gasteiger partial charge >= 0.3 is 12.0 Å². The van der Waals surface area contributed by atoms with Gasteiger partial charge in [-0.1, -0.05) is 6.08 Å². The van der Waals surface area contributed by atoms with Crippen LogP contribution in [0.3, 0.4) is 0 Å². The number of hydrogen-bond acceptors (Lipinski definition) is 8. The maximum absolute atomic E-state index is 12.6. The number of non-ortho nitro benzene ring substituents is 1. The van der Waals surface area contributed by atoms with E-state index in [9.17, 15) is 24.5 Å². The molecule has 0 aromatic heterocycles. The first-order valence-corrected chi connectivity index (χ1v) is 11.0. The summed E-state index contributed by atoms with van der Waals surface area (Å²) in [4.78, 5) is 47.5. The predicted octanol–water partition coefficient (Wildman–Crippen LogP) is 3.37. The molecule has 0 bridgehead atoms. The van der Waals surface area contributed by atoms with E-state index in [1.807, 2.05) is 6.92 Å². The largest absolute Gasteiger partial charge is 0.490 e. The number of ether oxygens (including phenoxy) is 3. The molecular weight excluding hydrogens is 470 g/mol. The molecule has 0 saturated carbocycles. The number of nitrogens with one attached hydrogen (secondary N) is 1. The lowest BCUT2D eigenvalue weighted by molar-refractivity contribution is -0.384. The average Bonchev–Trinajstić information content (AvgIpc) is 3.11. The van der Waals surface area contributed by atoms with Gasteiger partial charge in [0.2, 0.25) is 0 Å². The molecular formula is C25H25N3O8. The van der Waals surface area contributed by atoms with Crippen LogP contribution in [-0.2, 0) is 27.4 Å². The molecule has 11 nitrogen and oxygen atoms in total. The molecule has 0 spiro atoms. The first-order chi connectivity index (χ1) is 17.3. The molecule has 2 aromatic rings. The minimum absolute atomic E-state index is 0.00421. The van der Waals surface area contributed by atoms with Crippen LogP contribution in [0.4, 0.5) is 10.5 Å². The molecule has 0 radical (unpaired) electrons. The van der Waals surface area contributed by atoms with Crippen LogP contribution in [0.5, 0.6) is 11.5 Å². The highest BCUT2D eigenvalue weighted by Gasteiger charge is 2.35. The van der Waals surface area contributed by atoms with Gasteiger partial charge in [0.15, 0.2) is 11.5 Å². The molecule has 1 saturated heterocycles. The molecule has 188 valence electrons. The molecule has 1 heterocycles. The number of urea groups is 1.